The fourth-order valence-corrected chi connectivity index (χ4v) is 3.49. The maximum absolute atomic E-state index is 13.3. The van der Waals surface area contributed by atoms with Crippen molar-refractivity contribution in [2.24, 2.45) is 0 Å². The molecule has 1 N–H and O–H groups in total. The van der Waals surface area contributed by atoms with Crippen molar-refractivity contribution in [3.05, 3.63) is 94.9 Å². The van der Waals surface area contributed by atoms with Gasteiger partial charge < -0.3 is 14.5 Å². The van der Waals surface area contributed by atoms with Gasteiger partial charge in [-0.15, -0.1) is 11.3 Å². The molecule has 4 aromatic rings. The Labute approximate surface area is 175 Å². The smallest absolute Gasteiger partial charge is 0.271 e. The van der Waals surface area contributed by atoms with E-state index in [0.717, 1.165) is 17.7 Å². The molecule has 0 fully saturated rings. The van der Waals surface area contributed by atoms with Crippen LogP contribution in [0.1, 0.15) is 21.8 Å². The highest BCUT2D eigenvalue weighted by molar-refractivity contribution is 7.13. The Kier molecular flexibility index (Phi) is 5.85. The predicted octanol–water partition coefficient (Wildman–Crippen LogP) is 5.19. The molecule has 0 saturated carbocycles. The first-order valence-electron chi connectivity index (χ1n) is 9.02. The molecular formula is C22H16F2N2O3S. The summed E-state index contributed by atoms with van der Waals surface area (Å²) in [6.45, 7) is 0.380. The molecule has 0 saturated heterocycles. The molecule has 0 atom stereocenters. The van der Waals surface area contributed by atoms with Crippen LogP contribution >= 0.6 is 11.3 Å². The van der Waals surface area contributed by atoms with Gasteiger partial charge in [-0.1, -0.05) is 18.2 Å². The SMILES string of the molecule is O=C(NCc1ccco1)c1csc(-c2cccc(OCc3ccc(F)c(F)c3)c2)n1. The van der Waals surface area contributed by atoms with Gasteiger partial charge in [0.25, 0.3) is 5.91 Å². The molecule has 4 rings (SSSR count). The Hall–Kier alpha value is -3.52. The molecule has 0 radical (unpaired) electrons. The van der Waals surface area contributed by atoms with Crippen LogP contribution in [0.15, 0.2) is 70.7 Å². The predicted molar refractivity (Wildman–Crippen MR) is 108 cm³/mol. The van der Waals surface area contributed by atoms with Crippen LogP contribution in [0, 0.1) is 11.6 Å². The van der Waals surface area contributed by atoms with E-state index in [-0.39, 0.29) is 19.1 Å². The number of amides is 1. The first-order valence-corrected chi connectivity index (χ1v) is 9.90. The summed E-state index contributed by atoms with van der Waals surface area (Å²) in [4.78, 5) is 16.7. The first kappa shape index (κ1) is 19.8. The minimum Gasteiger partial charge on any atom is -0.489 e. The van der Waals surface area contributed by atoms with Gasteiger partial charge in [-0.05, 0) is 42.0 Å². The van der Waals surface area contributed by atoms with Crippen LogP contribution in [0.2, 0.25) is 0 Å². The number of hydrogen-bond donors (Lipinski definition) is 1. The van der Waals surface area contributed by atoms with E-state index in [2.05, 4.69) is 10.3 Å². The average Bonchev–Trinajstić information content (AvgIpc) is 3.45. The molecule has 2 aromatic heterocycles. The molecule has 152 valence electrons. The number of carbonyl (C=O) groups is 1. The van der Waals surface area contributed by atoms with Crippen LogP contribution in [0.5, 0.6) is 5.75 Å². The summed E-state index contributed by atoms with van der Waals surface area (Å²) in [6.07, 6.45) is 1.55. The Bertz CT molecular complexity index is 1160. The van der Waals surface area contributed by atoms with E-state index in [9.17, 15) is 13.6 Å². The van der Waals surface area contributed by atoms with E-state index >= 15 is 0 Å². The van der Waals surface area contributed by atoms with Crippen LogP contribution < -0.4 is 10.1 Å². The highest BCUT2D eigenvalue weighted by Crippen LogP contribution is 2.27. The highest BCUT2D eigenvalue weighted by Gasteiger charge is 2.13. The number of thiazole rings is 1. The van der Waals surface area contributed by atoms with E-state index in [4.69, 9.17) is 9.15 Å². The summed E-state index contributed by atoms with van der Waals surface area (Å²) in [7, 11) is 0. The normalized spacial score (nSPS) is 10.7. The van der Waals surface area contributed by atoms with E-state index in [1.807, 2.05) is 6.07 Å². The monoisotopic (exact) mass is 426 g/mol. The van der Waals surface area contributed by atoms with Crippen LogP contribution in [0.25, 0.3) is 10.6 Å². The molecule has 2 aromatic carbocycles. The van der Waals surface area contributed by atoms with Gasteiger partial charge in [0.1, 0.15) is 28.8 Å². The average molecular weight is 426 g/mol. The summed E-state index contributed by atoms with van der Waals surface area (Å²) < 4.78 is 37.2. The largest absolute Gasteiger partial charge is 0.489 e. The van der Waals surface area contributed by atoms with Crippen molar-refractivity contribution in [2.75, 3.05) is 0 Å². The zero-order valence-corrected chi connectivity index (χ0v) is 16.4. The quantitative estimate of drug-likeness (QED) is 0.442. The fraction of sp³-hybridized carbons (Fsp3) is 0.0909. The fourth-order valence-electron chi connectivity index (χ4n) is 2.70. The van der Waals surface area contributed by atoms with Crippen molar-refractivity contribution in [2.45, 2.75) is 13.2 Å². The third-order valence-corrected chi connectivity index (χ3v) is 5.10. The Morgan fingerprint density at radius 2 is 2.00 bits per heavy atom. The summed E-state index contributed by atoms with van der Waals surface area (Å²) in [6, 6.07) is 14.4. The number of halogens is 2. The van der Waals surface area contributed by atoms with Crippen molar-refractivity contribution >= 4 is 17.2 Å². The van der Waals surface area contributed by atoms with Crippen molar-refractivity contribution in [1.29, 1.82) is 0 Å². The van der Waals surface area contributed by atoms with Crippen LogP contribution in [0.4, 0.5) is 8.78 Å². The number of benzene rings is 2. The lowest BCUT2D eigenvalue weighted by atomic mass is 10.2. The van der Waals surface area contributed by atoms with Crippen molar-refractivity contribution < 1.29 is 22.7 Å². The molecule has 0 aliphatic heterocycles. The standard InChI is InChI=1S/C22H16F2N2O3S/c23-18-7-6-14(9-19(18)24)12-29-16-4-1-3-15(10-16)22-26-20(13-30-22)21(27)25-11-17-5-2-8-28-17/h1-10,13H,11-12H2,(H,25,27). The van der Waals surface area contributed by atoms with Crippen LogP contribution in [0.3, 0.4) is 0 Å². The molecule has 30 heavy (non-hydrogen) atoms. The van der Waals surface area contributed by atoms with E-state index in [1.165, 1.54) is 17.4 Å². The summed E-state index contributed by atoms with van der Waals surface area (Å²) in [5, 5.41) is 5.10. The number of rotatable bonds is 7. The maximum Gasteiger partial charge on any atom is 0.271 e. The Morgan fingerprint density at radius 1 is 1.10 bits per heavy atom. The number of nitrogens with one attached hydrogen (secondary N) is 1. The molecule has 8 heteroatoms. The Balaban J connectivity index is 1.41. The number of ether oxygens (including phenoxy) is 1. The number of hydrogen-bond acceptors (Lipinski definition) is 5. The number of carbonyl (C=O) groups excluding carboxylic acids is 1. The topological polar surface area (TPSA) is 64.4 Å². The summed E-state index contributed by atoms with van der Waals surface area (Å²) in [5.74, 6) is -0.889. The Morgan fingerprint density at radius 3 is 2.80 bits per heavy atom. The molecule has 2 heterocycles. The molecule has 0 unspecified atom stereocenters. The molecule has 0 aliphatic rings. The van der Waals surface area contributed by atoms with Gasteiger partial charge in [0, 0.05) is 10.9 Å². The lowest BCUT2D eigenvalue weighted by molar-refractivity contribution is 0.0944. The van der Waals surface area contributed by atoms with E-state index in [1.54, 1.807) is 42.0 Å². The van der Waals surface area contributed by atoms with Crippen molar-refractivity contribution in [3.63, 3.8) is 0 Å². The third kappa shape index (κ3) is 4.72. The van der Waals surface area contributed by atoms with Gasteiger partial charge in [-0.25, -0.2) is 13.8 Å². The summed E-state index contributed by atoms with van der Waals surface area (Å²) >= 11 is 1.34. The van der Waals surface area contributed by atoms with Gasteiger partial charge >= 0.3 is 0 Å². The minimum absolute atomic E-state index is 0.0962. The first-order chi connectivity index (χ1) is 14.6. The number of nitrogens with zero attached hydrogens (tertiary/aromatic N) is 1. The van der Waals surface area contributed by atoms with E-state index < -0.39 is 11.6 Å². The third-order valence-electron chi connectivity index (χ3n) is 4.21. The molecule has 0 bridgehead atoms. The summed E-state index contributed by atoms with van der Waals surface area (Å²) in [5.41, 5.74) is 1.62. The van der Waals surface area contributed by atoms with Gasteiger partial charge in [0.2, 0.25) is 0 Å². The molecule has 0 spiro atoms. The highest BCUT2D eigenvalue weighted by atomic mass is 32.1. The second-order valence-electron chi connectivity index (χ2n) is 6.36. The zero-order valence-electron chi connectivity index (χ0n) is 15.6. The van der Waals surface area contributed by atoms with Gasteiger partial charge in [-0.3, -0.25) is 4.79 Å². The second-order valence-corrected chi connectivity index (χ2v) is 7.22. The van der Waals surface area contributed by atoms with Crippen LogP contribution in [-0.2, 0) is 13.2 Å². The van der Waals surface area contributed by atoms with E-state index in [0.29, 0.717) is 27.8 Å². The van der Waals surface area contributed by atoms with Gasteiger partial charge in [0.15, 0.2) is 11.6 Å². The van der Waals surface area contributed by atoms with Crippen molar-refractivity contribution in [3.8, 4) is 16.3 Å². The molecule has 5 nitrogen and oxygen atoms in total. The number of furan rings is 1. The second kappa shape index (κ2) is 8.87. The number of aromatic nitrogens is 1. The minimum atomic E-state index is -0.912. The van der Waals surface area contributed by atoms with Crippen molar-refractivity contribution in [1.82, 2.24) is 10.3 Å². The lowest BCUT2D eigenvalue weighted by Crippen LogP contribution is -2.22. The van der Waals surface area contributed by atoms with Crippen LogP contribution in [-0.4, -0.2) is 10.9 Å². The molecule has 1 amide bonds. The van der Waals surface area contributed by atoms with Gasteiger partial charge in [0.05, 0.1) is 12.8 Å². The maximum atomic E-state index is 13.3. The zero-order chi connectivity index (χ0) is 20.9. The van der Waals surface area contributed by atoms with Gasteiger partial charge in [-0.2, -0.15) is 0 Å². The molecular weight excluding hydrogens is 410 g/mol. The molecule has 0 aliphatic carbocycles. The lowest BCUT2D eigenvalue weighted by Gasteiger charge is -2.08.